The quantitative estimate of drug-likeness (QED) is 0.877. The molecule has 4 heteroatoms. The summed E-state index contributed by atoms with van der Waals surface area (Å²) in [6.45, 7) is 1.78. The monoisotopic (exact) mass is 243 g/mol. The molecule has 0 fully saturated rings. The van der Waals surface area contributed by atoms with Crippen molar-refractivity contribution in [3.63, 3.8) is 0 Å². The lowest BCUT2D eigenvalue weighted by molar-refractivity contribution is 0.122. The minimum Gasteiger partial charge on any atom is -0.497 e. The van der Waals surface area contributed by atoms with Crippen molar-refractivity contribution in [2.45, 2.75) is 25.5 Å². The number of allylic oxidation sites excluding steroid dienone is 1. The van der Waals surface area contributed by atoms with Crippen molar-refractivity contribution in [1.82, 2.24) is 5.32 Å². The Bertz CT molecular complexity index is 337. The van der Waals surface area contributed by atoms with Crippen LogP contribution in [0.3, 0.4) is 0 Å². The summed E-state index contributed by atoms with van der Waals surface area (Å²) in [4.78, 5) is 1.27. The topological polar surface area (TPSA) is 21.3 Å². The Balaban J connectivity index is 1.68. The molecule has 1 aromatic rings. The number of nitrogens with one attached hydrogen (secondary N) is 1. The number of hydrogen-bond acceptors (Lipinski definition) is 3. The SMILES string of the molecule is Clc1ccc(CNCC2CCC=CO2)s1. The lowest BCUT2D eigenvalue weighted by atomic mass is 10.1. The first-order chi connectivity index (χ1) is 7.34. The molecule has 1 aliphatic heterocycles. The highest BCUT2D eigenvalue weighted by atomic mass is 35.5. The molecule has 2 rings (SSSR count). The van der Waals surface area contributed by atoms with Crippen LogP contribution in [-0.2, 0) is 11.3 Å². The van der Waals surface area contributed by atoms with Gasteiger partial charge in [-0.25, -0.2) is 0 Å². The van der Waals surface area contributed by atoms with Gasteiger partial charge < -0.3 is 10.1 Å². The van der Waals surface area contributed by atoms with Crippen LogP contribution < -0.4 is 5.32 Å². The summed E-state index contributed by atoms with van der Waals surface area (Å²) in [5.41, 5.74) is 0. The third kappa shape index (κ3) is 3.52. The second kappa shape index (κ2) is 5.54. The number of rotatable bonds is 4. The number of thiophene rings is 1. The molecule has 0 aromatic carbocycles. The number of hydrogen-bond donors (Lipinski definition) is 1. The summed E-state index contributed by atoms with van der Waals surface area (Å²) < 4.78 is 6.31. The van der Waals surface area contributed by atoms with Crippen molar-refractivity contribution in [2.24, 2.45) is 0 Å². The highest BCUT2D eigenvalue weighted by Gasteiger charge is 2.09. The van der Waals surface area contributed by atoms with Gasteiger partial charge in [0.2, 0.25) is 0 Å². The van der Waals surface area contributed by atoms with Crippen molar-refractivity contribution in [3.05, 3.63) is 33.7 Å². The lowest BCUT2D eigenvalue weighted by Crippen LogP contribution is -2.28. The van der Waals surface area contributed by atoms with Crippen LogP contribution in [0.2, 0.25) is 4.34 Å². The van der Waals surface area contributed by atoms with Crippen LogP contribution in [-0.4, -0.2) is 12.6 Å². The molecule has 0 radical (unpaired) electrons. The zero-order valence-electron chi connectivity index (χ0n) is 8.41. The van der Waals surface area contributed by atoms with E-state index in [9.17, 15) is 0 Å². The molecule has 1 aromatic heterocycles. The average Bonchev–Trinajstić information content (AvgIpc) is 2.66. The fourth-order valence-electron chi connectivity index (χ4n) is 1.54. The molecule has 1 N–H and O–H groups in total. The Kier molecular flexibility index (Phi) is 4.06. The van der Waals surface area contributed by atoms with Gasteiger partial charge in [0.15, 0.2) is 0 Å². The van der Waals surface area contributed by atoms with Crippen LogP contribution in [0.5, 0.6) is 0 Å². The predicted octanol–water partition coefficient (Wildman–Crippen LogP) is 3.18. The molecule has 0 spiro atoms. The van der Waals surface area contributed by atoms with E-state index in [0.717, 1.165) is 30.3 Å². The van der Waals surface area contributed by atoms with E-state index in [-0.39, 0.29) is 0 Å². The van der Waals surface area contributed by atoms with E-state index in [4.69, 9.17) is 16.3 Å². The Morgan fingerprint density at radius 3 is 3.13 bits per heavy atom. The molecule has 2 heterocycles. The Hall–Kier alpha value is -0.510. The first-order valence-electron chi connectivity index (χ1n) is 5.10. The number of ether oxygens (including phenoxy) is 1. The van der Waals surface area contributed by atoms with E-state index in [1.807, 2.05) is 6.07 Å². The van der Waals surface area contributed by atoms with Gasteiger partial charge in [-0.05, 0) is 31.1 Å². The van der Waals surface area contributed by atoms with Crippen molar-refractivity contribution in [2.75, 3.05) is 6.54 Å². The Labute approximate surface area is 98.9 Å². The highest BCUT2D eigenvalue weighted by molar-refractivity contribution is 7.16. The summed E-state index contributed by atoms with van der Waals surface area (Å²) >= 11 is 7.47. The van der Waals surface area contributed by atoms with Gasteiger partial charge in [-0.3, -0.25) is 0 Å². The highest BCUT2D eigenvalue weighted by Crippen LogP contribution is 2.21. The summed E-state index contributed by atoms with van der Waals surface area (Å²) in [6, 6.07) is 3.99. The summed E-state index contributed by atoms with van der Waals surface area (Å²) in [7, 11) is 0. The van der Waals surface area contributed by atoms with E-state index in [0.29, 0.717) is 6.10 Å². The van der Waals surface area contributed by atoms with Crippen LogP contribution >= 0.6 is 22.9 Å². The molecular formula is C11H14ClNOS. The molecule has 0 bridgehead atoms. The molecule has 0 amide bonds. The second-order valence-corrected chi connectivity index (χ2v) is 5.34. The van der Waals surface area contributed by atoms with Crippen molar-refractivity contribution in [3.8, 4) is 0 Å². The lowest BCUT2D eigenvalue weighted by Gasteiger charge is -2.19. The predicted molar refractivity (Wildman–Crippen MR) is 64.3 cm³/mol. The molecule has 82 valence electrons. The van der Waals surface area contributed by atoms with E-state index < -0.39 is 0 Å². The Morgan fingerprint density at radius 2 is 2.47 bits per heavy atom. The Morgan fingerprint density at radius 1 is 1.53 bits per heavy atom. The summed E-state index contributed by atoms with van der Waals surface area (Å²) in [5, 5.41) is 3.38. The average molecular weight is 244 g/mol. The van der Waals surface area contributed by atoms with E-state index in [1.165, 1.54) is 4.88 Å². The molecule has 0 aliphatic carbocycles. The van der Waals surface area contributed by atoms with Crippen LogP contribution in [0.1, 0.15) is 17.7 Å². The van der Waals surface area contributed by atoms with E-state index >= 15 is 0 Å². The van der Waals surface area contributed by atoms with Gasteiger partial charge in [0.25, 0.3) is 0 Å². The van der Waals surface area contributed by atoms with Crippen LogP contribution in [0, 0.1) is 0 Å². The minimum absolute atomic E-state index is 0.324. The fraction of sp³-hybridized carbons (Fsp3) is 0.455. The summed E-state index contributed by atoms with van der Waals surface area (Å²) in [5.74, 6) is 0. The van der Waals surface area contributed by atoms with Crippen LogP contribution in [0.25, 0.3) is 0 Å². The maximum atomic E-state index is 5.84. The van der Waals surface area contributed by atoms with Crippen molar-refractivity contribution in [1.29, 1.82) is 0 Å². The first kappa shape index (κ1) is 11.0. The maximum absolute atomic E-state index is 5.84. The standard InChI is InChI=1S/C11H14ClNOS/c12-11-5-4-10(15-11)8-13-7-9-3-1-2-6-14-9/h2,4-6,9,13H,1,3,7-8H2. The molecule has 1 aliphatic rings. The van der Waals surface area contributed by atoms with Crippen molar-refractivity contribution >= 4 is 22.9 Å². The summed E-state index contributed by atoms with van der Waals surface area (Å²) in [6.07, 6.45) is 6.42. The van der Waals surface area contributed by atoms with Gasteiger partial charge in [0, 0.05) is 18.0 Å². The maximum Gasteiger partial charge on any atom is 0.110 e. The van der Waals surface area contributed by atoms with Gasteiger partial charge in [-0.1, -0.05) is 11.6 Å². The molecular weight excluding hydrogens is 230 g/mol. The third-order valence-corrected chi connectivity index (χ3v) is 3.55. The van der Waals surface area contributed by atoms with E-state index in [2.05, 4.69) is 17.5 Å². The van der Waals surface area contributed by atoms with Gasteiger partial charge in [-0.2, -0.15) is 0 Å². The second-order valence-electron chi connectivity index (χ2n) is 3.54. The molecule has 1 unspecified atom stereocenters. The molecule has 1 atom stereocenters. The van der Waals surface area contributed by atoms with Crippen LogP contribution in [0.15, 0.2) is 24.5 Å². The molecule has 15 heavy (non-hydrogen) atoms. The number of halogens is 1. The van der Waals surface area contributed by atoms with Crippen LogP contribution in [0.4, 0.5) is 0 Å². The van der Waals surface area contributed by atoms with Gasteiger partial charge in [0.05, 0.1) is 10.6 Å². The van der Waals surface area contributed by atoms with Crippen molar-refractivity contribution < 1.29 is 4.74 Å². The van der Waals surface area contributed by atoms with Gasteiger partial charge in [-0.15, -0.1) is 11.3 Å². The zero-order valence-corrected chi connectivity index (χ0v) is 9.98. The zero-order chi connectivity index (χ0) is 10.5. The molecule has 0 saturated carbocycles. The molecule has 0 saturated heterocycles. The van der Waals surface area contributed by atoms with Gasteiger partial charge >= 0.3 is 0 Å². The minimum atomic E-state index is 0.324. The fourth-order valence-corrected chi connectivity index (χ4v) is 2.60. The molecule has 2 nitrogen and oxygen atoms in total. The first-order valence-corrected chi connectivity index (χ1v) is 6.29. The van der Waals surface area contributed by atoms with E-state index in [1.54, 1.807) is 17.6 Å². The normalized spacial score (nSPS) is 20.2. The largest absolute Gasteiger partial charge is 0.497 e. The van der Waals surface area contributed by atoms with Gasteiger partial charge in [0.1, 0.15) is 6.10 Å². The smallest absolute Gasteiger partial charge is 0.110 e. The third-order valence-electron chi connectivity index (χ3n) is 2.32.